The number of carbonyl (C=O) groups is 1. The van der Waals surface area contributed by atoms with Crippen LogP contribution in [-0.4, -0.2) is 43.5 Å². The van der Waals surface area contributed by atoms with Crippen LogP contribution in [0.2, 0.25) is 0 Å². The molecule has 0 radical (unpaired) electrons. The van der Waals surface area contributed by atoms with E-state index in [-0.39, 0.29) is 5.78 Å². The van der Waals surface area contributed by atoms with Crippen LogP contribution in [-0.2, 0) is 4.74 Å². The van der Waals surface area contributed by atoms with E-state index in [2.05, 4.69) is 78.7 Å². The van der Waals surface area contributed by atoms with Crippen LogP contribution in [0.15, 0.2) is 12.1 Å². The molecule has 0 aromatic heterocycles. The highest BCUT2D eigenvalue weighted by molar-refractivity contribution is 14.1. The predicted molar refractivity (Wildman–Crippen MR) is 105 cm³/mol. The van der Waals surface area contributed by atoms with E-state index in [0.29, 0.717) is 6.42 Å². The third kappa shape index (κ3) is 5.03. The van der Waals surface area contributed by atoms with Crippen LogP contribution in [0, 0.1) is 10.7 Å². The van der Waals surface area contributed by atoms with Gasteiger partial charge in [0.25, 0.3) is 0 Å². The lowest BCUT2D eigenvalue weighted by Gasteiger charge is -2.26. The van der Waals surface area contributed by atoms with Gasteiger partial charge in [-0.3, -0.25) is 9.69 Å². The third-order valence-electron chi connectivity index (χ3n) is 3.28. The summed E-state index contributed by atoms with van der Waals surface area (Å²) in [6, 6.07) is 4.11. The van der Waals surface area contributed by atoms with E-state index in [1.807, 2.05) is 6.07 Å². The number of halogens is 3. The van der Waals surface area contributed by atoms with Crippen molar-refractivity contribution in [2.45, 2.75) is 12.8 Å². The molecule has 1 aliphatic rings. The van der Waals surface area contributed by atoms with Crippen LogP contribution in [0.3, 0.4) is 0 Å². The van der Waals surface area contributed by atoms with E-state index in [0.717, 1.165) is 55.5 Å². The van der Waals surface area contributed by atoms with E-state index in [4.69, 9.17) is 4.74 Å². The van der Waals surface area contributed by atoms with Gasteiger partial charge in [0.05, 0.1) is 13.2 Å². The number of Topliss-reactive ketones (excluding diaryl/α,β-unsaturated/α-hetero) is 1. The van der Waals surface area contributed by atoms with Crippen LogP contribution in [0.5, 0.6) is 0 Å². The Morgan fingerprint density at radius 2 is 1.90 bits per heavy atom. The Balaban J connectivity index is 1.88. The third-order valence-corrected chi connectivity index (χ3v) is 6.94. The fraction of sp³-hybridized carbons (Fsp3) is 0.500. The summed E-state index contributed by atoms with van der Waals surface area (Å²) in [5.74, 6) is 0.263. The van der Waals surface area contributed by atoms with Gasteiger partial charge in [-0.2, -0.15) is 0 Å². The molecular formula is C14H16I3NO2. The maximum absolute atomic E-state index is 12.4. The average molecular weight is 611 g/mol. The quantitative estimate of drug-likeness (QED) is 0.289. The van der Waals surface area contributed by atoms with Crippen LogP contribution in [0.1, 0.15) is 23.2 Å². The minimum Gasteiger partial charge on any atom is -0.379 e. The largest absolute Gasteiger partial charge is 0.379 e. The van der Waals surface area contributed by atoms with E-state index < -0.39 is 0 Å². The van der Waals surface area contributed by atoms with Crippen LogP contribution < -0.4 is 0 Å². The van der Waals surface area contributed by atoms with Gasteiger partial charge in [-0.1, -0.05) is 0 Å². The van der Waals surface area contributed by atoms with Crippen LogP contribution in [0.25, 0.3) is 0 Å². The number of nitrogens with zero attached hydrogens (tertiary/aromatic N) is 1. The molecule has 6 heteroatoms. The highest BCUT2D eigenvalue weighted by Crippen LogP contribution is 2.24. The number of morpholine rings is 1. The van der Waals surface area contributed by atoms with E-state index in [1.165, 1.54) is 0 Å². The lowest BCUT2D eigenvalue weighted by atomic mass is 10.1. The molecule has 1 aromatic rings. The summed E-state index contributed by atoms with van der Waals surface area (Å²) in [4.78, 5) is 14.7. The van der Waals surface area contributed by atoms with Gasteiger partial charge in [-0.15, -0.1) is 0 Å². The molecule has 1 aliphatic heterocycles. The Kier molecular flexibility index (Phi) is 7.45. The number of rotatable bonds is 5. The maximum Gasteiger partial charge on any atom is 0.164 e. The summed E-state index contributed by atoms with van der Waals surface area (Å²) < 4.78 is 8.70. The molecule has 1 aromatic carbocycles. The number of benzene rings is 1. The Bertz CT molecular complexity index is 488. The topological polar surface area (TPSA) is 29.5 Å². The van der Waals surface area contributed by atoms with Crippen molar-refractivity contribution in [3.63, 3.8) is 0 Å². The minimum atomic E-state index is 0.263. The van der Waals surface area contributed by atoms with Crippen molar-refractivity contribution >= 4 is 73.6 Å². The molecule has 1 fully saturated rings. The highest BCUT2D eigenvalue weighted by atomic mass is 127. The second-order valence-electron chi connectivity index (χ2n) is 4.73. The van der Waals surface area contributed by atoms with Crippen molar-refractivity contribution in [2.75, 3.05) is 32.8 Å². The second kappa shape index (κ2) is 8.59. The molecule has 0 aliphatic carbocycles. The molecule has 0 bridgehead atoms. The normalized spacial score (nSPS) is 16.4. The lowest BCUT2D eigenvalue weighted by molar-refractivity contribution is 0.0371. The molecule has 0 N–H and O–H groups in total. The van der Waals surface area contributed by atoms with Crippen molar-refractivity contribution in [1.82, 2.24) is 4.90 Å². The first-order chi connectivity index (χ1) is 9.58. The van der Waals surface area contributed by atoms with Gasteiger partial charge in [0.1, 0.15) is 0 Å². The summed E-state index contributed by atoms with van der Waals surface area (Å²) in [6.07, 6.45) is 1.56. The smallest absolute Gasteiger partial charge is 0.164 e. The second-order valence-corrected chi connectivity index (χ2v) is 8.22. The minimum absolute atomic E-state index is 0.263. The number of hydrogen-bond acceptors (Lipinski definition) is 3. The maximum atomic E-state index is 12.4. The predicted octanol–water partition coefficient (Wildman–Crippen LogP) is 3.80. The van der Waals surface area contributed by atoms with Crippen molar-refractivity contribution in [3.8, 4) is 0 Å². The molecule has 0 atom stereocenters. The zero-order valence-electron chi connectivity index (χ0n) is 11.0. The molecule has 3 nitrogen and oxygen atoms in total. The molecule has 0 spiro atoms. The summed E-state index contributed by atoms with van der Waals surface area (Å²) in [5, 5.41) is 0. The van der Waals surface area contributed by atoms with Crippen molar-refractivity contribution in [1.29, 1.82) is 0 Å². The molecule has 20 heavy (non-hydrogen) atoms. The molecule has 2 rings (SSSR count). The number of ketones is 1. The summed E-state index contributed by atoms with van der Waals surface area (Å²) in [6.45, 7) is 4.62. The molecular weight excluding hydrogens is 595 g/mol. The summed E-state index contributed by atoms with van der Waals surface area (Å²) >= 11 is 6.84. The van der Waals surface area contributed by atoms with Gasteiger partial charge in [0, 0.05) is 35.8 Å². The van der Waals surface area contributed by atoms with E-state index in [1.54, 1.807) is 0 Å². The molecule has 0 saturated carbocycles. The molecule has 0 unspecified atom stereocenters. The van der Waals surface area contributed by atoms with E-state index in [9.17, 15) is 4.79 Å². The Labute approximate surface area is 160 Å². The Morgan fingerprint density at radius 1 is 1.20 bits per heavy atom. The van der Waals surface area contributed by atoms with Gasteiger partial charge in [-0.25, -0.2) is 0 Å². The molecule has 110 valence electrons. The van der Waals surface area contributed by atoms with Crippen molar-refractivity contribution in [3.05, 3.63) is 28.4 Å². The fourth-order valence-corrected chi connectivity index (χ4v) is 4.64. The fourth-order valence-electron chi connectivity index (χ4n) is 2.18. The number of ether oxygens (including phenoxy) is 1. The molecule has 1 heterocycles. The first kappa shape index (κ1) is 17.4. The number of carbonyl (C=O) groups excluding carboxylic acids is 1. The monoisotopic (exact) mass is 611 g/mol. The summed E-state index contributed by atoms with van der Waals surface area (Å²) in [5.41, 5.74) is 0.879. The zero-order valence-corrected chi connectivity index (χ0v) is 17.5. The van der Waals surface area contributed by atoms with Gasteiger partial charge < -0.3 is 4.74 Å². The highest BCUT2D eigenvalue weighted by Gasteiger charge is 2.15. The average Bonchev–Trinajstić information content (AvgIpc) is 2.44. The van der Waals surface area contributed by atoms with Gasteiger partial charge in [0.2, 0.25) is 0 Å². The zero-order chi connectivity index (χ0) is 14.5. The lowest BCUT2D eigenvalue weighted by Crippen LogP contribution is -2.36. The van der Waals surface area contributed by atoms with E-state index >= 15 is 0 Å². The van der Waals surface area contributed by atoms with Gasteiger partial charge in [0.15, 0.2) is 5.78 Å². The van der Waals surface area contributed by atoms with Crippen molar-refractivity contribution in [2.24, 2.45) is 0 Å². The first-order valence-electron chi connectivity index (χ1n) is 6.56. The molecule has 0 amide bonds. The molecule has 1 saturated heterocycles. The standard InChI is InChI=1S/C14H16I3NO2/c15-10-8-11(14(17)12(16)9-10)13(19)2-1-3-18-4-6-20-7-5-18/h8-9H,1-7H2. The SMILES string of the molecule is O=C(CCCN1CCOCC1)c1cc(I)cc(I)c1I. The van der Waals surface area contributed by atoms with Crippen molar-refractivity contribution < 1.29 is 9.53 Å². The Hall–Kier alpha value is 1.000. The summed E-state index contributed by atoms with van der Waals surface area (Å²) in [7, 11) is 0. The van der Waals surface area contributed by atoms with Gasteiger partial charge >= 0.3 is 0 Å². The Morgan fingerprint density at radius 3 is 2.60 bits per heavy atom. The first-order valence-corrected chi connectivity index (χ1v) is 9.79. The number of hydrogen-bond donors (Lipinski definition) is 0. The van der Waals surface area contributed by atoms with Crippen LogP contribution >= 0.6 is 67.8 Å². The van der Waals surface area contributed by atoms with Crippen LogP contribution in [0.4, 0.5) is 0 Å². The van der Waals surface area contributed by atoms with Gasteiger partial charge in [-0.05, 0) is 92.9 Å².